The lowest BCUT2D eigenvalue weighted by Gasteiger charge is -2.10. The van der Waals surface area contributed by atoms with Gasteiger partial charge in [-0.2, -0.15) is 13.2 Å². The first-order valence-corrected chi connectivity index (χ1v) is 3.69. The van der Waals surface area contributed by atoms with Gasteiger partial charge in [0.2, 0.25) is 5.91 Å². The lowest BCUT2D eigenvalue weighted by molar-refractivity contribution is -0.138. The van der Waals surface area contributed by atoms with E-state index < -0.39 is 24.1 Å². The van der Waals surface area contributed by atoms with E-state index >= 15 is 0 Å². The third-order valence-electron chi connectivity index (χ3n) is 1.57. The summed E-state index contributed by atoms with van der Waals surface area (Å²) in [7, 11) is 0. The Balaban J connectivity index is 3.10. The standard InChI is InChI=1S/C8H7F3N2O/c9-8(10,11)6-1-2-13-4-5(6)3-7(12)14/h1-2,4H,3H2,(H2,12,14). The van der Waals surface area contributed by atoms with Crippen molar-refractivity contribution in [1.82, 2.24) is 4.98 Å². The molecule has 0 aromatic carbocycles. The Morgan fingerprint density at radius 2 is 2.14 bits per heavy atom. The fraction of sp³-hybridized carbons (Fsp3) is 0.250. The number of rotatable bonds is 2. The second kappa shape index (κ2) is 3.65. The summed E-state index contributed by atoms with van der Waals surface area (Å²) in [6.07, 6.45) is -2.92. The Kier molecular flexibility index (Phi) is 2.73. The predicted molar refractivity (Wildman–Crippen MR) is 42.1 cm³/mol. The van der Waals surface area contributed by atoms with Crippen molar-refractivity contribution in [2.75, 3.05) is 0 Å². The normalized spacial score (nSPS) is 11.4. The van der Waals surface area contributed by atoms with E-state index in [4.69, 9.17) is 5.73 Å². The Hall–Kier alpha value is -1.59. The number of alkyl halides is 3. The first kappa shape index (κ1) is 10.5. The molecular formula is C8H7F3N2O. The third-order valence-corrected chi connectivity index (χ3v) is 1.57. The number of primary amides is 1. The largest absolute Gasteiger partial charge is 0.416 e. The van der Waals surface area contributed by atoms with Crippen molar-refractivity contribution in [1.29, 1.82) is 0 Å². The first-order valence-electron chi connectivity index (χ1n) is 3.69. The molecule has 1 heterocycles. The van der Waals surface area contributed by atoms with Gasteiger partial charge in [-0.25, -0.2) is 0 Å². The second-order valence-corrected chi connectivity index (χ2v) is 2.67. The minimum Gasteiger partial charge on any atom is -0.369 e. The fourth-order valence-corrected chi connectivity index (χ4v) is 1.03. The van der Waals surface area contributed by atoms with Gasteiger partial charge in [-0.15, -0.1) is 0 Å². The van der Waals surface area contributed by atoms with E-state index in [1.54, 1.807) is 0 Å². The summed E-state index contributed by atoms with van der Waals surface area (Å²) in [4.78, 5) is 14.0. The molecule has 0 saturated carbocycles. The van der Waals surface area contributed by atoms with E-state index in [0.29, 0.717) is 0 Å². The van der Waals surface area contributed by atoms with Gasteiger partial charge >= 0.3 is 6.18 Å². The van der Waals surface area contributed by atoms with Gasteiger partial charge in [0.05, 0.1) is 12.0 Å². The van der Waals surface area contributed by atoms with E-state index in [9.17, 15) is 18.0 Å². The van der Waals surface area contributed by atoms with Crippen LogP contribution >= 0.6 is 0 Å². The highest BCUT2D eigenvalue weighted by molar-refractivity contribution is 5.76. The Morgan fingerprint density at radius 3 is 2.64 bits per heavy atom. The van der Waals surface area contributed by atoms with E-state index in [1.165, 1.54) is 0 Å². The maximum absolute atomic E-state index is 12.3. The molecule has 0 bridgehead atoms. The van der Waals surface area contributed by atoms with Crippen LogP contribution in [0.25, 0.3) is 0 Å². The quantitative estimate of drug-likeness (QED) is 0.784. The topological polar surface area (TPSA) is 56.0 Å². The first-order chi connectivity index (χ1) is 6.41. The molecule has 3 nitrogen and oxygen atoms in total. The predicted octanol–water partition coefficient (Wildman–Crippen LogP) is 1.13. The summed E-state index contributed by atoms with van der Waals surface area (Å²) in [6, 6.07) is 0.818. The summed E-state index contributed by atoms with van der Waals surface area (Å²) in [5.41, 5.74) is 3.73. The van der Waals surface area contributed by atoms with E-state index in [0.717, 1.165) is 18.5 Å². The van der Waals surface area contributed by atoms with Crippen molar-refractivity contribution in [2.45, 2.75) is 12.6 Å². The molecule has 0 unspecified atom stereocenters. The van der Waals surface area contributed by atoms with Crippen LogP contribution in [0.5, 0.6) is 0 Å². The van der Waals surface area contributed by atoms with Gasteiger partial charge in [-0.05, 0) is 11.6 Å². The van der Waals surface area contributed by atoms with Gasteiger partial charge in [0.1, 0.15) is 0 Å². The number of pyridine rings is 1. The fourth-order valence-electron chi connectivity index (χ4n) is 1.03. The van der Waals surface area contributed by atoms with Crippen LogP contribution in [0, 0.1) is 0 Å². The average Bonchev–Trinajstić information content (AvgIpc) is 2.01. The number of halogens is 3. The van der Waals surface area contributed by atoms with Crippen LogP contribution in [0.15, 0.2) is 18.5 Å². The van der Waals surface area contributed by atoms with Gasteiger partial charge in [0.25, 0.3) is 0 Å². The molecule has 1 aromatic heterocycles. The number of carbonyl (C=O) groups excluding carboxylic acids is 1. The van der Waals surface area contributed by atoms with Crippen LogP contribution in [-0.2, 0) is 17.4 Å². The lowest BCUT2D eigenvalue weighted by Crippen LogP contribution is -2.18. The molecule has 76 valence electrons. The van der Waals surface area contributed by atoms with Crippen LogP contribution in [0.1, 0.15) is 11.1 Å². The SMILES string of the molecule is NC(=O)Cc1cnccc1C(F)(F)F. The molecular weight excluding hydrogens is 197 g/mol. The molecule has 1 aromatic rings. The summed E-state index contributed by atoms with van der Waals surface area (Å²) < 4.78 is 37.0. The Bertz CT molecular complexity index is 349. The maximum Gasteiger partial charge on any atom is 0.416 e. The van der Waals surface area contributed by atoms with E-state index in [1.807, 2.05) is 0 Å². The van der Waals surface area contributed by atoms with Gasteiger partial charge in [0, 0.05) is 12.4 Å². The van der Waals surface area contributed by atoms with Gasteiger partial charge in [-0.3, -0.25) is 9.78 Å². The summed E-state index contributed by atoms with van der Waals surface area (Å²) >= 11 is 0. The number of hydrogen-bond donors (Lipinski definition) is 1. The highest BCUT2D eigenvalue weighted by atomic mass is 19.4. The molecule has 0 fully saturated rings. The van der Waals surface area contributed by atoms with Crippen LogP contribution in [0.4, 0.5) is 13.2 Å². The van der Waals surface area contributed by atoms with E-state index in [-0.39, 0.29) is 5.56 Å². The molecule has 14 heavy (non-hydrogen) atoms. The molecule has 0 atom stereocenters. The van der Waals surface area contributed by atoms with Crippen molar-refractivity contribution in [2.24, 2.45) is 5.73 Å². The second-order valence-electron chi connectivity index (χ2n) is 2.67. The molecule has 1 rings (SSSR count). The minimum absolute atomic E-state index is 0.201. The summed E-state index contributed by atoms with van der Waals surface area (Å²) in [5.74, 6) is -0.816. The minimum atomic E-state index is -4.48. The van der Waals surface area contributed by atoms with Crippen molar-refractivity contribution < 1.29 is 18.0 Å². The molecule has 6 heteroatoms. The molecule has 1 amide bonds. The highest BCUT2D eigenvalue weighted by Gasteiger charge is 2.33. The lowest BCUT2D eigenvalue weighted by atomic mass is 10.1. The average molecular weight is 204 g/mol. The maximum atomic E-state index is 12.3. The number of hydrogen-bond acceptors (Lipinski definition) is 2. The van der Waals surface area contributed by atoms with Crippen molar-refractivity contribution in [3.63, 3.8) is 0 Å². The van der Waals surface area contributed by atoms with Gasteiger partial charge in [0.15, 0.2) is 0 Å². The van der Waals surface area contributed by atoms with Crippen LogP contribution in [-0.4, -0.2) is 10.9 Å². The Labute approximate surface area is 77.7 Å². The third kappa shape index (κ3) is 2.45. The van der Waals surface area contributed by atoms with Crippen LogP contribution in [0.3, 0.4) is 0 Å². The van der Waals surface area contributed by atoms with Gasteiger partial charge < -0.3 is 5.73 Å². The number of nitrogens with zero attached hydrogens (tertiary/aromatic N) is 1. The smallest absolute Gasteiger partial charge is 0.369 e. The molecule has 0 radical (unpaired) electrons. The Morgan fingerprint density at radius 1 is 1.50 bits per heavy atom. The number of aromatic nitrogens is 1. The van der Waals surface area contributed by atoms with Gasteiger partial charge in [-0.1, -0.05) is 0 Å². The molecule has 0 saturated heterocycles. The zero-order chi connectivity index (χ0) is 10.8. The zero-order valence-electron chi connectivity index (χ0n) is 7.01. The number of amides is 1. The van der Waals surface area contributed by atoms with Crippen LogP contribution < -0.4 is 5.73 Å². The monoisotopic (exact) mass is 204 g/mol. The number of nitrogens with two attached hydrogens (primary N) is 1. The van der Waals surface area contributed by atoms with Crippen molar-refractivity contribution >= 4 is 5.91 Å². The highest BCUT2D eigenvalue weighted by Crippen LogP contribution is 2.31. The molecule has 0 aliphatic carbocycles. The number of carbonyl (C=O) groups is 1. The molecule has 0 aliphatic heterocycles. The summed E-state index contributed by atoms with van der Waals surface area (Å²) in [5, 5.41) is 0. The van der Waals surface area contributed by atoms with Crippen molar-refractivity contribution in [3.05, 3.63) is 29.6 Å². The van der Waals surface area contributed by atoms with Crippen molar-refractivity contribution in [3.8, 4) is 0 Å². The zero-order valence-corrected chi connectivity index (χ0v) is 7.01. The molecule has 0 spiro atoms. The molecule has 2 N–H and O–H groups in total. The van der Waals surface area contributed by atoms with Crippen LogP contribution in [0.2, 0.25) is 0 Å². The molecule has 0 aliphatic rings. The van der Waals surface area contributed by atoms with E-state index in [2.05, 4.69) is 4.98 Å². The summed E-state index contributed by atoms with van der Waals surface area (Å²) in [6.45, 7) is 0.